The zero-order chi connectivity index (χ0) is 13.1. The molecule has 0 saturated heterocycles. The van der Waals surface area contributed by atoms with Gasteiger partial charge in [-0.1, -0.05) is 11.6 Å². The van der Waals surface area contributed by atoms with E-state index in [1.165, 1.54) is 12.1 Å². The third-order valence-corrected chi connectivity index (χ3v) is 2.39. The first-order valence-corrected chi connectivity index (χ1v) is 5.38. The van der Waals surface area contributed by atoms with Crippen LogP contribution in [0.15, 0.2) is 18.2 Å². The van der Waals surface area contributed by atoms with Gasteiger partial charge in [0.2, 0.25) is 5.28 Å². The third-order valence-electron chi connectivity index (χ3n) is 1.97. The number of anilines is 2. The Morgan fingerprint density at radius 1 is 1.28 bits per heavy atom. The SMILES string of the molecule is N#Cc1ccc(Nc2nc(Cl)nnc2Cl)c(F)c1. The summed E-state index contributed by atoms with van der Waals surface area (Å²) in [6.45, 7) is 0. The van der Waals surface area contributed by atoms with Crippen LogP contribution >= 0.6 is 23.2 Å². The Morgan fingerprint density at radius 2 is 2.06 bits per heavy atom. The van der Waals surface area contributed by atoms with Crippen molar-refractivity contribution in [2.24, 2.45) is 0 Å². The van der Waals surface area contributed by atoms with Crippen LogP contribution in [-0.2, 0) is 0 Å². The van der Waals surface area contributed by atoms with Gasteiger partial charge in [-0.3, -0.25) is 0 Å². The minimum Gasteiger partial charge on any atom is -0.335 e. The number of hydrogen-bond donors (Lipinski definition) is 1. The van der Waals surface area contributed by atoms with Gasteiger partial charge in [0.1, 0.15) is 5.82 Å². The van der Waals surface area contributed by atoms with E-state index in [1.807, 2.05) is 6.07 Å². The fraction of sp³-hybridized carbons (Fsp3) is 0. The number of nitriles is 1. The topological polar surface area (TPSA) is 74.5 Å². The molecule has 2 rings (SSSR count). The maximum atomic E-state index is 13.6. The molecule has 0 atom stereocenters. The van der Waals surface area contributed by atoms with Crippen LogP contribution in [-0.4, -0.2) is 15.2 Å². The normalized spacial score (nSPS) is 9.89. The Balaban J connectivity index is 2.34. The van der Waals surface area contributed by atoms with E-state index in [2.05, 4.69) is 20.5 Å². The second-order valence-corrected chi connectivity index (χ2v) is 3.85. The maximum Gasteiger partial charge on any atom is 0.245 e. The van der Waals surface area contributed by atoms with E-state index >= 15 is 0 Å². The van der Waals surface area contributed by atoms with Crippen LogP contribution in [0.5, 0.6) is 0 Å². The van der Waals surface area contributed by atoms with E-state index < -0.39 is 5.82 Å². The molecule has 0 aliphatic rings. The summed E-state index contributed by atoms with van der Waals surface area (Å²) in [5, 5.41) is 18.0. The lowest BCUT2D eigenvalue weighted by molar-refractivity contribution is 0.631. The second kappa shape index (κ2) is 5.12. The standard InChI is InChI=1S/C10H4Cl2FN5/c11-8-9(16-10(12)18-17-8)15-7-2-1-5(4-14)3-6(7)13/h1-3H,(H,15,16,18). The molecular weight excluding hydrogens is 280 g/mol. The molecule has 5 nitrogen and oxygen atoms in total. The molecule has 1 N–H and O–H groups in total. The third kappa shape index (κ3) is 2.64. The van der Waals surface area contributed by atoms with Crippen LogP contribution in [0.3, 0.4) is 0 Å². The first kappa shape index (κ1) is 12.5. The van der Waals surface area contributed by atoms with Crippen molar-refractivity contribution in [2.45, 2.75) is 0 Å². The number of hydrogen-bond acceptors (Lipinski definition) is 5. The first-order chi connectivity index (χ1) is 8.60. The molecule has 0 saturated carbocycles. The Kier molecular flexibility index (Phi) is 3.55. The van der Waals surface area contributed by atoms with Gasteiger partial charge in [0.05, 0.1) is 17.3 Å². The molecule has 90 valence electrons. The Morgan fingerprint density at radius 3 is 2.72 bits per heavy atom. The van der Waals surface area contributed by atoms with E-state index in [0.717, 1.165) is 6.07 Å². The minimum absolute atomic E-state index is 0.0387. The van der Waals surface area contributed by atoms with Gasteiger partial charge >= 0.3 is 0 Å². The highest BCUT2D eigenvalue weighted by molar-refractivity contribution is 6.32. The molecule has 8 heteroatoms. The van der Waals surface area contributed by atoms with Crippen molar-refractivity contribution in [1.82, 2.24) is 15.2 Å². The number of halogens is 3. The highest BCUT2D eigenvalue weighted by Gasteiger charge is 2.09. The van der Waals surface area contributed by atoms with E-state index in [-0.39, 0.29) is 27.5 Å². The Bertz CT molecular complexity index is 641. The lowest BCUT2D eigenvalue weighted by Gasteiger charge is -2.07. The molecule has 0 aliphatic heterocycles. The molecule has 2 aromatic rings. The molecule has 0 amide bonds. The summed E-state index contributed by atoms with van der Waals surface area (Å²) in [4.78, 5) is 3.77. The highest BCUT2D eigenvalue weighted by atomic mass is 35.5. The van der Waals surface area contributed by atoms with Crippen molar-refractivity contribution < 1.29 is 4.39 Å². The van der Waals surface area contributed by atoms with E-state index in [4.69, 9.17) is 28.5 Å². The van der Waals surface area contributed by atoms with Crippen LogP contribution in [0.4, 0.5) is 15.9 Å². The first-order valence-electron chi connectivity index (χ1n) is 4.62. The van der Waals surface area contributed by atoms with Crippen LogP contribution in [0.25, 0.3) is 0 Å². The van der Waals surface area contributed by atoms with Crippen molar-refractivity contribution >= 4 is 34.7 Å². The quantitative estimate of drug-likeness (QED) is 0.917. The maximum absolute atomic E-state index is 13.6. The number of aromatic nitrogens is 3. The van der Waals surface area contributed by atoms with Crippen molar-refractivity contribution in [3.05, 3.63) is 40.0 Å². The summed E-state index contributed by atoms with van der Waals surface area (Å²) >= 11 is 11.3. The number of benzene rings is 1. The summed E-state index contributed by atoms with van der Waals surface area (Å²) in [5.74, 6) is -0.528. The molecule has 0 unspecified atom stereocenters. The van der Waals surface area contributed by atoms with Crippen LogP contribution < -0.4 is 5.32 Å². The highest BCUT2D eigenvalue weighted by Crippen LogP contribution is 2.24. The Labute approximate surface area is 111 Å². The van der Waals surface area contributed by atoms with Crippen molar-refractivity contribution in [2.75, 3.05) is 5.32 Å². The monoisotopic (exact) mass is 283 g/mol. The van der Waals surface area contributed by atoms with Crippen LogP contribution in [0.2, 0.25) is 10.4 Å². The Hall–Kier alpha value is -1.97. The summed E-state index contributed by atoms with van der Waals surface area (Å²) in [7, 11) is 0. The minimum atomic E-state index is -0.611. The molecular formula is C10H4Cl2FN5. The molecule has 18 heavy (non-hydrogen) atoms. The van der Waals surface area contributed by atoms with Crippen molar-refractivity contribution in [1.29, 1.82) is 5.26 Å². The van der Waals surface area contributed by atoms with Crippen molar-refractivity contribution in [3.8, 4) is 6.07 Å². The lowest BCUT2D eigenvalue weighted by Crippen LogP contribution is -2.00. The average molecular weight is 284 g/mol. The molecule has 1 aromatic heterocycles. The fourth-order valence-corrected chi connectivity index (χ4v) is 1.44. The number of nitrogens with zero attached hydrogens (tertiary/aromatic N) is 4. The van der Waals surface area contributed by atoms with Gasteiger partial charge in [-0.2, -0.15) is 10.2 Å². The lowest BCUT2D eigenvalue weighted by atomic mass is 10.2. The molecule has 0 fully saturated rings. The van der Waals surface area contributed by atoms with Gasteiger partial charge in [-0.25, -0.2) is 4.39 Å². The second-order valence-electron chi connectivity index (χ2n) is 3.15. The van der Waals surface area contributed by atoms with Gasteiger partial charge in [-0.15, -0.1) is 10.2 Å². The smallest absolute Gasteiger partial charge is 0.245 e. The zero-order valence-corrected chi connectivity index (χ0v) is 10.2. The zero-order valence-electron chi connectivity index (χ0n) is 8.65. The summed E-state index contributed by atoms with van der Waals surface area (Å²) in [6, 6.07) is 5.76. The number of nitrogens with one attached hydrogen (secondary N) is 1. The van der Waals surface area contributed by atoms with Gasteiger partial charge in [0.25, 0.3) is 0 Å². The van der Waals surface area contributed by atoms with Gasteiger partial charge in [0.15, 0.2) is 11.0 Å². The molecule has 0 bridgehead atoms. The van der Waals surface area contributed by atoms with Crippen LogP contribution in [0, 0.1) is 17.1 Å². The molecule has 1 heterocycles. The average Bonchev–Trinajstić information content (AvgIpc) is 2.36. The van der Waals surface area contributed by atoms with E-state index in [0.29, 0.717) is 0 Å². The largest absolute Gasteiger partial charge is 0.335 e. The molecule has 0 radical (unpaired) electrons. The predicted octanol–water partition coefficient (Wildman–Crippen LogP) is 2.93. The fourth-order valence-electron chi connectivity index (χ4n) is 1.19. The summed E-state index contributed by atoms with van der Waals surface area (Å²) < 4.78 is 13.6. The molecule has 0 spiro atoms. The van der Waals surface area contributed by atoms with Crippen LogP contribution in [0.1, 0.15) is 5.56 Å². The summed E-state index contributed by atoms with van der Waals surface area (Å²) in [5.41, 5.74) is 0.315. The van der Waals surface area contributed by atoms with Gasteiger partial charge in [-0.05, 0) is 29.8 Å². The van der Waals surface area contributed by atoms with Gasteiger partial charge in [0, 0.05) is 0 Å². The predicted molar refractivity (Wildman–Crippen MR) is 64.2 cm³/mol. The van der Waals surface area contributed by atoms with E-state index in [1.54, 1.807) is 0 Å². The van der Waals surface area contributed by atoms with Crippen molar-refractivity contribution in [3.63, 3.8) is 0 Å². The van der Waals surface area contributed by atoms with Gasteiger partial charge < -0.3 is 5.32 Å². The molecule has 1 aromatic carbocycles. The number of rotatable bonds is 2. The summed E-state index contributed by atoms with van der Waals surface area (Å²) in [6.07, 6.45) is 0. The molecule has 0 aliphatic carbocycles. The van der Waals surface area contributed by atoms with E-state index in [9.17, 15) is 4.39 Å².